The van der Waals surface area contributed by atoms with Crippen LogP contribution >= 0.6 is 39.3 Å². The van der Waals surface area contributed by atoms with Gasteiger partial charge in [0.1, 0.15) is 0 Å². The summed E-state index contributed by atoms with van der Waals surface area (Å²) in [6.07, 6.45) is 1.82. The molecule has 0 saturated carbocycles. The maximum atomic E-state index is 13.7. The number of hydrogen-bond donors (Lipinski definition) is 0. The number of benzene rings is 2. The summed E-state index contributed by atoms with van der Waals surface area (Å²) in [6.45, 7) is 2.29. The second kappa shape index (κ2) is 10.8. The smallest absolute Gasteiger partial charge is 0.274 e. The zero-order chi connectivity index (χ0) is 24.3. The molecule has 178 valence electrons. The van der Waals surface area contributed by atoms with Crippen LogP contribution in [-0.4, -0.2) is 46.7 Å². The van der Waals surface area contributed by atoms with Crippen LogP contribution in [0.4, 0.5) is 0 Å². The molecule has 0 bridgehead atoms. The van der Waals surface area contributed by atoms with E-state index in [4.69, 9.17) is 11.6 Å². The lowest BCUT2D eigenvalue weighted by Gasteiger charge is -2.28. The van der Waals surface area contributed by atoms with Gasteiger partial charge in [0, 0.05) is 22.8 Å². The Hall–Kier alpha value is -1.94. The van der Waals surface area contributed by atoms with Crippen molar-refractivity contribution in [1.29, 1.82) is 0 Å². The molecule has 3 aromatic rings. The Kier molecular flexibility index (Phi) is 7.97. The molecule has 2 aromatic carbocycles. The van der Waals surface area contributed by atoms with Gasteiger partial charge in [-0.3, -0.25) is 4.79 Å². The maximum Gasteiger partial charge on any atom is 0.274 e. The number of carbonyl (C=O) groups is 1. The number of aromatic nitrogens is 2. The van der Waals surface area contributed by atoms with Crippen LogP contribution < -0.4 is 0 Å². The summed E-state index contributed by atoms with van der Waals surface area (Å²) in [5, 5.41) is 0.584. The Balaban J connectivity index is 1.60. The number of thioether (sulfide) groups is 1. The van der Waals surface area contributed by atoms with Crippen molar-refractivity contribution in [3.8, 4) is 0 Å². The van der Waals surface area contributed by atoms with E-state index in [-0.39, 0.29) is 28.8 Å². The minimum atomic E-state index is -3.19. The third kappa shape index (κ3) is 6.38. The van der Waals surface area contributed by atoms with Crippen LogP contribution in [0.25, 0.3) is 0 Å². The van der Waals surface area contributed by atoms with Gasteiger partial charge in [0.25, 0.3) is 5.91 Å². The zero-order valence-corrected chi connectivity index (χ0v) is 22.4. The number of sulfone groups is 1. The molecule has 1 aliphatic rings. The van der Waals surface area contributed by atoms with Crippen LogP contribution in [0.15, 0.2) is 64.4 Å². The summed E-state index contributed by atoms with van der Waals surface area (Å²) in [7, 11) is -3.19. The van der Waals surface area contributed by atoms with Crippen LogP contribution in [-0.2, 0) is 22.1 Å². The van der Waals surface area contributed by atoms with E-state index in [0.29, 0.717) is 17.3 Å². The molecule has 34 heavy (non-hydrogen) atoms. The van der Waals surface area contributed by atoms with Gasteiger partial charge in [-0.2, -0.15) is 0 Å². The second-order valence-corrected chi connectivity index (χ2v) is 12.7. The third-order valence-corrected chi connectivity index (χ3v) is 8.98. The van der Waals surface area contributed by atoms with Gasteiger partial charge in [0.2, 0.25) is 0 Å². The number of halogens is 2. The van der Waals surface area contributed by atoms with Crippen molar-refractivity contribution in [1.82, 2.24) is 14.9 Å². The first-order chi connectivity index (χ1) is 16.2. The first kappa shape index (κ1) is 25.2. The fourth-order valence-corrected chi connectivity index (χ4v) is 6.98. The third-order valence-electron chi connectivity index (χ3n) is 5.53. The molecule has 10 heteroatoms. The Morgan fingerprint density at radius 2 is 1.97 bits per heavy atom. The van der Waals surface area contributed by atoms with E-state index in [1.165, 1.54) is 23.5 Å². The summed E-state index contributed by atoms with van der Waals surface area (Å²) in [4.78, 5) is 24.0. The van der Waals surface area contributed by atoms with Crippen LogP contribution in [0, 0.1) is 6.92 Å². The summed E-state index contributed by atoms with van der Waals surface area (Å²) in [6, 6.07) is 15.3. The normalized spacial score (nSPS) is 17.0. The zero-order valence-electron chi connectivity index (χ0n) is 18.4. The van der Waals surface area contributed by atoms with Crippen molar-refractivity contribution in [2.24, 2.45) is 0 Å². The number of carbonyl (C=O) groups excluding carboxylic acids is 1. The molecule has 0 N–H and O–H groups in total. The molecular formula is C24H23BrClN3O3S2. The maximum absolute atomic E-state index is 13.7. The van der Waals surface area contributed by atoms with Gasteiger partial charge in [0.05, 0.1) is 22.7 Å². The lowest BCUT2D eigenvalue weighted by Crippen LogP contribution is -2.41. The summed E-state index contributed by atoms with van der Waals surface area (Å²) in [5.74, 6) is 0.255. The van der Waals surface area contributed by atoms with Gasteiger partial charge >= 0.3 is 0 Å². The Morgan fingerprint density at radius 1 is 1.21 bits per heavy atom. The van der Waals surface area contributed by atoms with Gasteiger partial charge in [-0.15, -0.1) is 0 Å². The Bertz CT molecular complexity index is 1320. The first-order valence-electron chi connectivity index (χ1n) is 10.7. The van der Waals surface area contributed by atoms with Crippen molar-refractivity contribution in [2.45, 2.75) is 36.8 Å². The number of aryl methyl sites for hydroxylation is 1. The topological polar surface area (TPSA) is 80.2 Å². The minimum absolute atomic E-state index is 0.0645. The standard InChI is InChI=1S/C24H23BrClN3O3S2/c1-16-4-2-6-18(10-16)14-33-24-27-12-21(26)22(28-24)23(30)29(20-8-9-34(31,32)15-20)13-17-5-3-7-19(25)11-17/h2-7,10-12,20H,8-9,13-15H2,1H3. The number of nitrogens with zero attached hydrogens (tertiary/aromatic N) is 3. The quantitative estimate of drug-likeness (QED) is 0.278. The van der Waals surface area contributed by atoms with Crippen molar-refractivity contribution in [2.75, 3.05) is 11.5 Å². The van der Waals surface area contributed by atoms with Crippen LogP contribution in [0.1, 0.15) is 33.6 Å². The second-order valence-electron chi connectivity index (χ2n) is 8.25. The SMILES string of the molecule is Cc1cccc(CSc2ncc(Cl)c(C(=O)N(Cc3cccc(Br)c3)C3CCS(=O)(=O)C3)n2)c1. The number of hydrogen-bond acceptors (Lipinski definition) is 6. The van der Waals surface area contributed by atoms with Gasteiger partial charge in [-0.1, -0.05) is 81.3 Å². The lowest BCUT2D eigenvalue weighted by atomic mass is 10.1. The van der Waals surface area contributed by atoms with Gasteiger partial charge in [0.15, 0.2) is 20.7 Å². The molecule has 2 heterocycles. The fourth-order valence-electron chi connectivity index (χ4n) is 3.88. The van der Waals surface area contributed by atoms with Crippen molar-refractivity contribution < 1.29 is 13.2 Å². The van der Waals surface area contributed by atoms with E-state index in [1.807, 2.05) is 49.4 Å². The van der Waals surface area contributed by atoms with E-state index >= 15 is 0 Å². The average molecular weight is 581 g/mol. The number of rotatable bonds is 7. The van der Waals surface area contributed by atoms with Crippen LogP contribution in [0.3, 0.4) is 0 Å². The number of amides is 1. The predicted molar refractivity (Wildman–Crippen MR) is 139 cm³/mol. The Morgan fingerprint density at radius 3 is 2.68 bits per heavy atom. The lowest BCUT2D eigenvalue weighted by molar-refractivity contribution is 0.0674. The molecule has 1 aliphatic heterocycles. The summed E-state index contributed by atoms with van der Waals surface area (Å²) >= 11 is 11.2. The van der Waals surface area contributed by atoms with Gasteiger partial charge in [-0.05, 0) is 36.6 Å². The Labute approximate surface area is 217 Å². The molecule has 1 amide bonds. The van der Waals surface area contributed by atoms with E-state index in [0.717, 1.165) is 15.6 Å². The average Bonchev–Trinajstić information content (AvgIpc) is 3.16. The van der Waals surface area contributed by atoms with E-state index in [1.54, 1.807) is 4.90 Å². The molecule has 1 saturated heterocycles. The van der Waals surface area contributed by atoms with Gasteiger partial charge in [-0.25, -0.2) is 18.4 Å². The first-order valence-corrected chi connectivity index (χ1v) is 14.6. The highest BCUT2D eigenvalue weighted by Gasteiger charge is 2.36. The molecule has 1 aromatic heterocycles. The largest absolute Gasteiger partial charge is 0.329 e. The summed E-state index contributed by atoms with van der Waals surface area (Å²) in [5.41, 5.74) is 3.26. The van der Waals surface area contributed by atoms with E-state index < -0.39 is 21.8 Å². The van der Waals surface area contributed by atoms with Crippen molar-refractivity contribution in [3.05, 3.63) is 86.6 Å². The molecule has 0 aliphatic carbocycles. The molecule has 1 fully saturated rings. The predicted octanol–water partition coefficient (Wildman–Crippen LogP) is 5.32. The highest BCUT2D eigenvalue weighted by atomic mass is 79.9. The molecule has 0 spiro atoms. The molecule has 6 nitrogen and oxygen atoms in total. The molecule has 4 rings (SSSR count). The highest BCUT2D eigenvalue weighted by molar-refractivity contribution is 9.10. The molecular weight excluding hydrogens is 558 g/mol. The summed E-state index contributed by atoms with van der Waals surface area (Å²) < 4.78 is 25.2. The monoisotopic (exact) mass is 579 g/mol. The van der Waals surface area contributed by atoms with Crippen LogP contribution in [0.5, 0.6) is 0 Å². The van der Waals surface area contributed by atoms with Gasteiger partial charge < -0.3 is 4.90 Å². The molecule has 1 unspecified atom stereocenters. The van der Waals surface area contributed by atoms with Crippen molar-refractivity contribution in [3.63, 3.8) is 0 Å². The molecule has 1 atom stereocenters. The highest BCUT2D eigenvalue weighted by Crippen LogP contribution is 2.27. The van der Waals surface area contributed by atoms with E-state index in [9.17, 15) is 13.2 Å². The fraction of sp³-hybridized carbons (Fsp3) is 0.292. The van der Waals surface area contributed by atoms with Crippen molar-refractivity contribution >= 4 is 55.0 Å². The minimum Gasteiger partial charge on any atom is -0.329 e. The van der Waals surface area contributed by atoms with Crippen LogP contribution in [0.2, 0.25) is 5.02 Å². The molecule has 0 radical (unpaired) electrons. The van der Waals surface area contributed by atoms with E-state index in [2.05, 4.69) is 32.0 Å².